The third-order valence-electron chi connectivity index (χ3n) is 4.71. The zero-order chi connectivity index (χ0) is 15.4. The molecule has 1 saturated carbocycles. The number of nitrogens with one attached hydrogen (secondary N) is 1. The van der Waals surface area contributed by atoms with Gasteiger partial charge in [-0.1, -0.05) is 43.2 Å². The fraction of sp³-hybridized carbons (Fsp3) is 0.316. The molecule has 0 bridgehead atoms. The summed E-state index contributed by atoms with van der Waals surface area (Å²) in [6.07, 6.45) is 4.73. The Morgan fingerprint density at radius 3 is 2.22 bits per heavy atom. The van der Waals surface area contributed by atoms with Crippen LogP contribution in [-0.2, 0) is 5.41 Å². The van der Waals surface area contributed by atoms with Crippen molar-refractivity contribution < 1.29 is 4.79 Å². The van der Waals surface area contributed by atoms with E-state index in [1.807, 2.05) is 6.07 Å². The van der Waals surface area contributed by atoms with Gasteiger partial charge < -0.3 is 11.1 Å². The van der Waals surface area contributed by atoms with Crippen molar-refractivity contribution in [1.29, 1.82) is 0 Å². The number of rotatable bonds is 4. The monoisotopic (exact) mass is 330 g/mol. The molecule has 1 aliphatic rings. The highest BCUT2D eigenvalue weighted by Gasteiger charge is 2.35. The zero-order valence-corrected chi connectivity index (χ0v) is 13.9. The van der Waals surface area contributed by atoms with Crippen molar-refractivity contribution in [3.63, 3.8) is 0 Å². The summed E-state index contributed by atoms with van der Waals surface area (Å²) in [7, 11) is 0. The van der Waals surface area contributed by atoms with Gasteiger partial charge in [-0.15, -0.1) is 12.4 Å². The lowest BCUT2D eigenvalue weighted by atomic mass is 9.79. The first kappa shape index (κ1) is 17.4. The summed E-state index contributed by atoms with van der Waals surface area (Å²) < 4.78 is 0. The number of hydrogen-bond acceptors (Lipinski definition) is 2. The highest BCUT2D eigenvalue weighted by atomic mass is 35.5. The highest BCUT2D eigenvalue weighted by molar-refractivity contribution is 5.94. The molecule has 23 heavy (non-hydrogen) atoms. The third-order valence-corrected chi connectivity index (χ3v) is 4.71. The lowest BCUT2D eigenvalue weighted by molar-refractivity contribution is 0.0943. The molecule has 3 N–H and O–H groups in total. The molecular weight excluding hydrogens is 308 g/mol. The quantitative estimate of drug-likeness (QED) is 0.834. The maximum atomic E-state index is 12.3. The van der Waals surface area contributed by atoms with Gasteiger partial charge in [-0.05, 0) is 42.7 Å². The van der Waals surface area contributed by atoms with E-state index in [0.717, 1.165) is 12.8 Å². The van der Waals surface area contributed by atoms with Crippen molar-refractivity contribution >= 4 is 24.0 Å². The van der Waals surface area contributed by atoms with Crippen LogP contribution in [0, 0.1) is 0 Å². The van der Waals surface area contributed by atoms with Crippen LogP contribution in [0.1, 0.15) is 41.6 Å². The van der Waals surface area contributed by atoms with E-state index >= 15 is 0 Å². The normalized spacial score (nSPS) is 15.7. The molecule has 2 aromatic rings. The summed E-state index contributed by atoms with van der Waals surface area (Å²) in [5, 5.41) is 3.12. The number of nitrogen functional groups attached to an aromatic ring is 1. The maximum absolute atomic E-state index is 12.3. The molecule has 0 heterocycles. The number of carbonyl (C=O) groups is 1. The number of hydrogen-bond donors (Lipinski definition) is 2. The van der Waals surface area contributed by atoms with E-state index in [1.165, 1.54) is 18.4 Å². The van der Waals surface area contributed by atoms with Gasteiger partial charge in [0.15, 0.2) is 0 Å². The Balaban J connectivity index is 0.00000192. The van der Waals surface area contributed by atoms with Gasteiger partial charge in [0.25, 0.3) is 5.91 Å². The molecular formula is C19H23ClN2O. The van der Waals surface area contributed by atoms with Crippen LogP contribution < -0.4 is 11.1 Å². The van der Waals surface area contributed by atoms with Crippen LogP contribution in [0.3, 0.4) is 0 Å². The minimum Gasteiger partial charge on any atom is -0.399 e. The molecule has 3 rings (SSSR count). The van der Waals surface area contributed by atoms with Crippen LogP contribution in [0.15, 0.2) is 54.6 Å². The molecule has 1 aliphatic carbocycles. The zero-order valence-electron chi connectivity index (χ0n) is 13.1. The molecule has 0 aromatic heterocycles. The van der Waals surface area contributed by atoms with E-state index in [0.29, 0.717) is 17.8 Å². The average molecular weight is 331 g/mol. The molecule has 4 heteroatoms. The van der Waals surface area contributed by atoms with E-state index in [2.05, 4.69) is 29.6 Å². The highest BCUT2D eigenvalue weighted by Crippen LogP contribution is 2.40. The smallest absolute Gasteiger partial charge is 0.251 e. The number of carbonyl (C=O) groups excluding carboxylic acids is 1. The van der Waals surface area contributed by atoms with Gasteiger partial charge in [-0.2, -0.15) is 0 Å². The second-order valence-corrected chi connectivity index (χ2v) is 6.16. The molecule has 0 radical (unpaired) electrons. The molecule has 0 aliphatic heterocycles. The third kappa shape index (κ3) is 3.85. The molecule has 2 aromatic carbocycles. The van der Waals surface area contributed by atoms with Crippen molar-refractivity contribution in [2.75, 3.05) is 12.3 Å². The van der Waals surface area contributed by atoms with Gasteiger partial charge in [0.1, 0.15) is 0 Å². The van der Waals surface area contributed by atoms with Crippen molar-refractivity contribution in [2.24, 2.45) is 0 Å². The summed E-state index contributed by atoms with van der Waals surface area (Å²) >= 11 is 0. The molecule has 0 unspecified atom stereocenters. The largest absolute Gasteiger partial charge is 0.399 e. The second kappa shape index (κ2) is 7.51. The Labute approximate surface area is 143 Å². The number of nitrogens with two attached hydrogens (primary N) is 1. The first-order chi connectivity index (χ1) is 10.7. The molecule has 0 atom stereocenters. The van der Waals surface area contributed by atoms with Gasteiger partial charge in [0.05, 0.1) is 0 Å². The Morgan fingerprint density at radius 2 is 1.61 bits per heavy atom. The molecule has 1 amide bonds. The lowest BCUT2D eigenvalue weighted by Gasteiger charge is -2.30. The van der Waals surface area contributed by atoms with Crippen LogP contribution in [0.5, 0.6) is 0 Å². The van der Waals surface area contributed by atoms with Crippen molar-refractivity contribution in [3.05, 3.63) is 65.7 Å². The van der Waals surface area contributed by atoms with E-state index in [-0.39, 0.29) is 23.7 Å². The summed E-state index contributed by atoms with van der Waals surface area (Å²) in [6, 6.07) is 17.6. The second-order valence-electron chi connectivity index (χ2n) is 6.16. The summed E-state index contributed by atoms with van der Waals surface area (Å²) in [5.41, 5.74) is 8.43. The van der Waals surface area contributed by atoms with E-state index in [9.17, 15) is 4.79 Å². The Hall–Kier alpha value is -2.00. The van der Waals surface area contributed by atoms with Gasteiger partial charge in [0.2, 0.25) is 0 Å². The van der Waals surface area contributed by atoms with Gasteiger partial charge in [-0.3, -0.25) is 4.79 Å². The van der Waals surface area contributed by atoms with Gasteiger partial charge >= 0.3 is 0 Å². The molecule has 3 nitrogen and oxygen atoms in total. The fourth-order valence-electron chi connectivity index (χ4n) is 3.40. The van der Waals surface area contributed by atoms with Crippen LogP contribution in [0.2, 0.25) is 0 Å². The van der Waals surface area contributed by atoms with Crippen LogP contribution in [-0.4, -0.2) is 12.5 Å². The van der Waals surface area contributed by atoms with Crippen molar-refractivity contribution in [3.8, 4) is 0 Å². The predicted molar refractivity (Wildman–Crippen MR) is 97.0 cm³/mol. The van der Waals surface area contributed by atoms with Gasteiger partial charge in [0, 0.05) is 23.2 Å². The van der Waals surface area contributed by atoms with E-state index < -0.39 is 0 Å². The number of amides is 1. The van der Waals surface area contributed by atoms with Crippen LogP contribution in [0.4, 0.5) is 5.69 Å². The van der Waals surface area contributed by atoms with E-state index in [1.54, 1.807) is 24.3 Å². The summed E-state index contributed by atoms with van der Waals surface area (Å²) in [5.74, 6) is -0.0257. The topological polar surface area (TPSA) is 55.1 Å². The van der Waals surface area contributed by atoms with Gasteiger partial charge in [-0.25, -0.2) is 0 Å². The Bertz CT molecular complexity index is 634. The maximum Gasteiger partial charge on any atom is 0.251 e. The van der Waals surface area contributed by atoms with Crippen LogP contribution in [0.25, 0.3) is 0 Å². The average Bonchev–Trinajstić information content (AvgIpc) is 3.04. The molecule has 0 spiro atoms. The van der Waals surface area contributed by atoms with Crippen molar-refractivity contribution in [1.82, 2.24) is 5.32 Å². The molecule has 122 valence electrons. The summed E-state index contributed by atoms with van der Waals surface area (Å²) in [4.78, 5) is 12.3. The SMILES string of the molecule is Cl.Nc1ccc(C(=O)NCC2(c3ccccc3)CCCC2)cc1. The standard InChI is InChI=1S/C19H22N2O.ClH/c20-17-10-8-15(9-11-17)18(22)21-14-19(12-4-5-13-19)16-6-2-1-3-7-16;/h1-3,6-11H,4-5,12-14,20H2,(H,21,22);1H. The minimum absolute atomic E-state index is 0. The lowest BCUT2D eigenvalue weighted by Crippen LogP contribution is -2.39. The Kier molecular flexibility index (Phi) is 5.67. The van der Waals surface area contributed by atoms with E-state index in [4.69, 9.17) is 5.73 Å². The first-order valence-electron chi connectivity index (χ1n) is 7.89. The fourth-order valence-corrected chi connectivity index (χ4v) is 3.40. The van der Waals surface area contributed by atoms with Crippen LogP contribution >= 0.6 is 12.4 Å². The van der Waals surface area contributed by atoms with Crippen molar-refractivity contribution in [2.45, 2.75) is 31.1 Å². The number of benzene rings is 2. The number of halogens is 1. The molecule has 1 fully saturated rings. The first-order valence-corrected chi connectivity index (χ1v) is 7.89. The summed E-state index contributed by atoms with van der Waals surface area (Å²) in [6.45, 7) is 0.695. The minimum atomic E-state index is -0.0257. The predicted octanol–water partition coefficient (Wildman–Crippen LogP) is 3.93. The Morgan fingerprint density at radius 1 is 1.00 bits per heavy atom. The number of anilines is 1. The molecule has 0 saturated heterocycles.